The Bertz CT molecular complexity index is 349. The number of benzene rings is 1. The van der Waals surface area contributed by atoms with E-state index < -0.39 is 0 Å². The van der Waals surface area contributed by atoms with Gasteiger partial charge >= 0.3 is 0 Å². The highest BCUT2D eigenvalue weighted by atomic mass is 16.7. The van der Waals surface area contributed by atoms with Crippen molar-refractivity contribution in [3.8, 4) is 0 Å². The molecule has 1 amide bonds. The molecule has 1 aliphatic rings. The summed E-state index contributed by atoms with van der Waals surface area (Å²) < 4.78 is 0. The summed E-state index contributed by atoms with van der Waals surface area (Å²) >= 11 is 0. The van der Waals surface area contributed by atoms with E-state index >= 15 is 0 Å². The van der Waals surface area contributed by atoms with Crippen molar-refractivity contribution in [2.24, 2.45) is 0 Å². The van der Waals surface area contributed by atoms with E-state index in [-0.39, 0.29) is 5.91 Å². The Morgan fingerprint density at radius 3 is 3.00 bits per heavy atom. The van der Waals surface area contributed by atoms with Crippen molar-refractivity contribution in [2.75, 3.05) is 11.7 Å². The number of nitrogens with zero attached hydrogens (tertiary/aromatic N) is 1. The molecule has 0 saturated carbocycles. The molecule has 1 heterocycles. The highest BCUT2D eigenvalue weighted by molar-refractivity contribution is 5.90. The summed E-state index contributed by atoms with van der Waals surface area (Å²) in [5, 5.41) is 1.39. The maximum atomic E-state index is 11.3. The number of aryl methyl sites for hydroxylation is 1. The number of carbonyl (C=O) groups is 1. The third-order valence-corrected chi connectivity index (χ3v) is 2.31. The maximum Gasteiger partial charge on any atom is 0.247 e. The molecule has 14 heavy (non-hydrogen) atoms. The Kier molecular flexibility index (Phi) is 2.50. The van der Waals surface area contributed by atoms with E-state index in [0.29, 0.717) is 6.61 Å². The molecule has 74 valence electrons. The molecule has 0 fully saturated rings. The van der Waals surface area contributed by atoms with Gasteiger partial charge in [-0.3, -0.25) is 9.63 Å². The van der Waals surface area contributed by atoms with E-state index in [1.54, 1.807) is 0 Å². The van der Waals surface area contributed by atoms with Gasteiger partial charge in [-0.25, -0.2) is 0 Å². The van der Waals surface area contributed by atoms with Crippen LogP contribution >= 0.6 is 0 Å². The number of rotatable bonds is 0. The maximum absolute atomic E-state index is 11.3. The first-order chi connectivity index (χ1) is 6.79. The van der Waals surface area contributed by atoms with Crippen LogP contribution < -0.4 is 5.06 Å². The molecule has 1 aromatic carbocycles. The zero-order valence-corrected chi connectivity index (χ0v) is 8.19. The molecule has 0 atom stereocenters. The number of fused-ring (bicyclic) bond motifs is 1. The normalized spacial score (nSPS) is 15.9. The third-order valence-electron chi connectivity index (χ3n) is 2.31. The van der Waals surface area contributed by atoms with Crippen LogP contribution in [-0.2, 0) is 16.1 Å². The van der Waals surface area contributed by atoms with E-state index in [2.05, 4.69) is 0 Å². The predicted molar refractivity (Wildman–Crippen MR) is 53.9 cm³/mol. The third kappa shape index (κ3) is 1.63. The molecule has 1 aliphatic heterocycles. The minimum atomic E-state index is -0.0700. The Morgan fingerprint density at radius 1 is 1.43 bits per heavy atom. The van der Waals surface area contributed by atoms with Crippen LogP contribution in [0.25, 0.3) is 0 Å². The largest absolute Gasteiger partial charge is 0.273 e. The Labute approximate surface area is 83.2 Å². The van der Waals surface area contributed by atoms with E-state index in [4.69, 9.17) is 4.84 Å². The lowest BCUT2D eigenvalue weighted by Gasteiger charge is -2.19. The first-order valence-electron chi connectivity index (χ1n) is 4.80. The second kappa shape index (κ2) is 3.80. The second-order valence-electron chi connectivity index (χ2n) is 3.38. The lowest BCUT2D eigenvalue weighted by atomic mass is 10.1. The zero-order chi connectivity index (χ0) is 9.97. The van der Waals surface area contributed by atoms with Gasteiger partial charge in [0.15, 0.2) is 0 Å². The fraction of sp³-hybridized carbons (Fsp3) is 0.364. The number of carbonyl (C=O) groups excluding carboxylic acids is 1. The SMILES string of the molecule is CC(=O)N1OCCCc2ccccc21. The van der Waals surface area contributed by atoms with Crippen LogP contribution in [-0.4, -0.2) is 12.5 Å². The van der Waals surface area contributed by atoms with E-state index in [1.807, 2.05) is 24.3 Å². The summed E-state index contributed by atoms with van der Waals surface area (Å²) in [7, 11) is 0. The number of hydroxylamine groups is 1. The summed E-state index contributed by atoms with van der Waals surface area (Å²) in [6.45, 7) is 2.12. The molecule has 0 bridgehead atoms. The van der Waals surface area contributed by atoms with Gasteiger partial charge in [0.2, 0.25) is 5.91 Å². The lowest BCUT2D eigenvalue weighted by molar-refractivity contribution is -0.123. The molecule has 0 N–H and O–H groups in total. The first kappa shape index (κ1) is 9.21. The van der Waals surface area contributed by atoms with Crippen LogP contribution in [0.2, 0.25) is 0 Å². The monoisotopic (exact) mass is 191 g/mol. The summed E-state index contributed by atoms with van der Waals surface area (Å²) in [4.78, 5) is 16.7. The summed E-state index contributed by atoms with van der Waals surface area (Å²) in [6.07, 6.45) is 1.93. The molecule has 3 heteroatoms. The average molecular weight is 191 g/mol. The van der Waals surface area contributed by atoms with Crippen molar-refractivity contribution >= 4 is 11.6 Å². The van der Waals surface area contributed by atoms with Gasteiger partial charge in [-0.1, -0.05) is 18.2 Å². The Balaban J connectivity index is 2.42. The van der Waals surface area contributed by atoms with Crippen LogP contribution in [0.4, 0.5) is 5.69 Å². The molecule has 0 radical (unpaired) electrons. The quantitative estimate of drug-likeness (QED) is 0.627. The molecule has 0 unspecified atom stereocenters. The standard InChI is InChI=1S/C11H13NO2/c1-9(13)12-11-7-3-2-5-10(11)6-4-8-14-12/h2-3,5,7H,4,6,8H2,1H3. The number of para-hydroxylation sites is 1. The van der Waals surface area contributed by atoms with Crippen LogP contribution in [0.1, 0.15) is 18.9 Å². The number of hydrogen-bond acceptors (Lipinski definition) is 2. The average Bonchev–Trinajstić information content (AvgIpc) is 2.39. The van der Waals surface area contributed by atoms with Crippen molar-refractivity contribution < 1.29 is 9.63 Å². The summed E-state index contributed by atoms with van der Waals surface area (Å²) in [5.41, 5.74) is 2.07. The van der Waals surface area contributed by atoms with Crippen molar-refractivity contribution in [1.82, 2.24) is 0 Å². The van der Waals surface area contributed by atoms with Gasteiger partial charge in [-0.05, 0) is 24.5 Å². The van der Waals surface area contributed by atoms with Crippen LogP contribution in [0.5, 0.6) is 0 Å². The predicted octanol–water partition coefficient (Wildman–Crippen LogP) is 1.92. The fourth-order valence-electron chi connectivity index (χ4n) is 1.67. The van der Waals surface area contributed by atoms with Crippen LogP contribution in [0.3, 0.4) is 0 Å². The van der Waals surface area contributed by atoms with E-state index in [9.17, 15) is 4.79 Å². The smallest absolute Gasteiger partial charge is 0.247 e. The molecular formula is C11H13NO2. The first-order valence-corrected chi connectivity index (χ1v) is 4.80. The molecule has 2 rings (SSSR count). The number of hydrogen-bond donors (Lipinski definition) is 0. The number of anilines is 1. The molecule has 0 saturated heterocycles. The molecule has 3 nitrogen and oxygen atoms in total. The summed E-state index contributed by atoms with van der Waals surface area (Å²) in [6, 6.07) is 7.87. The molecular weight excluding hydrogens is 178 g/mol. The topological polar surface area (TPSA) is 29.5 Å². The van der Waals surface area contributed by atoms with E-state index in [1.165, 1.54) is 17.6 Å². The van der Waals surface area contributed by atoms with Gasteiger partial charge in [0.05, 0.1) is 12.3 Å². The highest BCUT2D eigenvalue weighted by Gasteiger charge is 2.18. The van der Waals surface area contributed by atoms with Crippen LogP contribution in [0.15, 0.2) is 24.3 Å². The van der Waals surface area contributed by atoms with Gasteiger partial charge in [0.25, 0.3) is 0 Å². The van der Waals surface area contributed by atoms with E-state index in [0.717, 1.165) is 18.5 Å². The zero-order valence-electron chi connectivity index (χ0n) is 8.19. The lowest BCUT2D eigenvalue weighted by Crippen LogP contribution is -2.28. The number of amides is 1. The van der Waals surface area contributed by atoms with Crippen LogP contribution in [0, 0.1) is 0 Å². The van der Waals surface area contributed by atoms with Gasteiger partial charge in [0, 0.05) is 6.92 Å². The molecule has 0 spiro atoms. The van der Waals surface area contributed by atoms with Gasteiger partial charge in [-0.2, -0.15) is 5.06 Å². The second-order valence-corrected chi connectivity index (χ2v) is 3.38. The highest BCUT2D eigenvalue weighted by Crippen LogP contribution is 2.24. The van der Waals surface area contributed by atoms with Crippen molar-refractivity contribution in [2.45, 2.75) is 19.8 Å². The Morgan fingerprint density at radius 2 is 2.21 bits per heavy atom. The van der Waals surface area contributed by atoms with Gasteiger partial charge in [0.1, 0.15) is 0 Å². The van der Waals surface area contributed by atoms with Gasteiger partial charge < -0.3 is 0 Å². The van der Waals surface area contributed by atoms with Crippen molar-refractivity contribution in [3.63, 3.8) is 0 Å². The minimum Gasteiger partial charge on any atom is -0.273 e. The Hall–Kier alpha value is -1.35. The molecule has 1 aromatic rings. The fourth-order valence-corrected chi connectivity index (χ4v) is 1.67. The minimum absolute atomic E-state index is 0.0700. The van der Waals surface area contributed by atoms with Gasteiger partial charge in [-0.15, -0.1) is 0 Å². The molecule has 0 aromatic heterocycles. The summed E-state index contributed by atoms with van der Waals surface area (Å²) in [5.74, 6) is -0.0700. The van der Waals surface area contributed by atoms with Crippen molar-refractivity contribution in [3.05, 3.63) is 29.8 Å². The van der Waals surface area contributed by atoms with Crippen molar-refractivity contribution in [1.29, 1.82) is 0 Å². The molecule has 0 aliphatic carbocycles.